The van der Waals surface area contributed by atoms with E-state index in [-0.39, 0.29) is 16.7 Å². The monoisotopic (exact) mass is 225 g/mol. The molecule has 0 aliphatic heterocycles. The average molecular weight is 225 g/mol. The third-order valence-electron chi connectivity index (χ3n) is 1.89. The van der Waals surface area contributed by atoms with Gasteiger partial charge in [0, 0.05) is 0 Å². The van der Waals surface area contributed by atoms with Crippen LogP contribution in [0.2, 0.25) is 0 Å². The molecule has 0 heterocycles. The maximum Gasteiger partial charge on any atom is 0.341 e. The number of ether oxygens (including phenoxy) is 2. The number of methoxy groups -OCH3 is 2. The van der Waals surface area contributed by atoms with E-state index in [1.807, 2.05) is 20.8 Å². The van der Waals surface area contributed by atoms with Crippen LogP contribution in [0.4, 0.5) is 0 Å². The van der Waals surface area contributed by atoms with Crippen LogP contribution in [0.1, 0.15) is 41.5 Å². The lowest BCUT2D eigenvalue weighted by atomic mass is 10.1. The Balaban J connectivity index is 3.15. The van der Waals surface area contributed by atoms with Crippen molar-refractivity contribution < 1.29 is 19.1 Å². The smallest absolute Gasteiger partial charge is 0.341 e. The Bertz CT molecular complexity index is 413. The second-order valence-electron chi connectivity index (χ2n) is 4.36. The van der Waals surface area contributed by atoms with Gasteiger partial charge < -0.3 is 9.47 Å². The minimum absolute atomic E-state index is 0.226. The summed E-state index contributed by atoms with van der Waals surface area (Å²) in [5.41, 5.74) is 0.0956. The van der Waals surface area contributed by atoms with Crippen LogP contribution >= 0.6 is 0 Å². The molecule has 0 unspecified atom stereocenters. The van der Waals surface area contributed by atoms with Gasteiger partial charge in [0.1, 0.15) is 11.1 Å². The van der Waals surface area contributed by atoms with Crippen molar-refractivity contribution in [2.75, 3.05) is 14.2 Å². The zero-order chi connectivity index (χ0) is 12.5. The number of nitrogens with zero attached hydrogens (tertiary/aromatic N) is 1. The van der Waals surface area contributed by atoms with Crippen LogP contribution in [0, 0.1) is 0 Å². The van der Waals surface area contributed by atoms with Crippen LogP contribution in [0.5, 0.6) is 0 Å². The Hall–Kier alpha value is -1.65. The molecule has 0 atom stereocenters. The summed E-state index contributed by atoms with van der Waals surface area (Å²) in [7, 11) is 2.52. The first-order valence-corrected chi connectivity index (χ1v) is 4.83. The second kappa shape index (κ2) is 4.08. The van der Waals surface area contributed by atoms with Crippen molar-refractivity contribution in [1.29, 1.82) is 0 Å². The molecule has 1 rings (SSSR count). The Kier molecular flexibility index (Phi) is 3.16. The summed E-state index contributed by atoms with van der Waals surface area (Å²) < 4.78 is 9.12. The first-order valence-electron chi connectivity index (χ1n) is 4.83. The molecule has 88 valence electrons. The molecule has 0 N–H and O–H groups in total. The van der Waals surface area contributed by atoms with Gasteiger partial charge in [-0.3, -0.25) is 4.99 Å². The summed E-state index contributed by atoms with van der Waals surface area (Å²) in [5, 5.41) is 0.395. The third-order valence-corrected chi connectivity index (χ3v) is 1.89. The van der Waals surface area contributed by atoms with Gasteiger partial charge in [-0.1, -0.05) is 0 Å². The molecule has 0 amide bonds. The summed E-state index contributed by atoms with van der Waals surface area (Å²) in [6.45, 7) is 5.63. The molecule has 0 aliphatic carbocycles. The SMILES string of the molecule is COC(=O)c1c(C(=O)OC)c1=NC(C)(C)C. The molecule has 0 saturated heterocycles. The minimum atomic E-state index is -0.552. The highest BCUT2D eigenvalue weighted by Crippen LogP contribution is 2.15. The Morgan fingerprint density at radius 3 is 1.62 bits per heavy atom. The topological polar surface area (TPSA) is 65.0 Å². The van der Waals surface area contributed by atoms with Crippen molar-refractivity contribution in [3.05, 3.63) is 16.5 Å². The number of hydrogen-bond donors (Lipinski definition) is 0. The number of carbonyl (C=O) groups is 2. The highest BCUT2D eigenvalue weighted by molar-refractivity contribution is 6.09. The highest BCUT2D eigenvalue weighted by atomic mass is 16.5. The standard InChI is InChI=1S/C11H15NO4/c1-11(2,3)12-8-6(9(13)15-4)7(8)10(14)16-5/h1-5H3. The van der Waals surface area contributed by atoms with E-state index in [0.29, 0.717) is 5.36 Å². The molecular weight excluding hydrogens is 210 g/mol. The Morgan fingerprint density at radius 1 is 1.00 bits per heavy atom. The van der Waals surface area contributed by atoms with E-state index in [1.165, 1.54) is 14.2 Å². The van der Waals surface area contributed by atoms with Gasteiger partial charge in [0.2, 0.25) is 0 Å². The van der Waals surface area contributed by atoms with E-state index in [1.54, 1.807) is 0 Å². The summed E-state index contributed by atoms with van der Waals surface area (Å²) in [5.74, 6) is -1.10. The van der Waals surface area contributed by atoms with E-state index in [4.69, 9.17) is 0 Å². The Labute approximate surface area is 93.8 Å². The normalized spacial score (nSPS) is 11.3. The van der Waals surface area contributed by atoms with Crippen LogP contribution < -0.4 is 5.36 Å². The van der Waals surface area contributed by atoms with Crippen LogP contribution in [0.25, 0.3) is 0 Å². The van der Waals surface area contributed by atoms with Crippen molar-refractivity contribution in [1.82, 2.24) is 0 Å². The molecule has 0 aromatic heterocycles. The molecule has 16 heavy (non-hydrogen) atoms. The van der Waals surface area contributed by atoms with Crippen LogP contribution in [0.15, 0.2) is 4.99 Å². The largest absolute Gasteiger partial charge is 0.465 e. The van der Waals surface area contributed by atoms with Gasteiger partial charge in [-0.25, -0.2) is 9.59 Å². The predicted octanol–water partition coefficient (Wildman–Crippen LogP) is 0.835. The molecular formula is C11H15NO4. The quantitative estimate of drug-likeness (QED) is 0.699. The van der Waals surface area contributed by atoms with Gasteiger partial charge in [-0.2, -0.15) is 0 Å². The fraction of sp³-hybridized carbons (Fsp3) is 0.545. The summed E-state index contributed by atoms with van der Waals surface area (Å²) >= 11 is 0. The number of rotatable bonds is 2. The van der Waals surface area contributed by atoms with E-state index < -0.39 is 11.9 Å². The van der Waals surface area contributed by atoms with E-state index >= 15 is 0 Å². The second-order valence-corrected chi connectivity index (χ2v) is 4.36. The number of carbonyl (C=O) groups excluding carboxylic acids is 2. The molecule has 0 saturated carbocycles. The zero-order valence-electron chi connectivity index (χ0n) is 10.1. The van der Waals surface area contributed by atoms with Crippen molar-refractivity contribution >= 4 is 11.9 Å². The predicted molar refractivity (Wildman–Crippen MR) is 56.8 cm³/mol. The molecule has 0 fully saturated rings. The van der Waals surface area contributed by atoms with Gasteiger partial charge in [0.25, 0.3) is 0 Å². The highest BCUT2D eigenvalue weighted by Gasteiger charge is 2.34. The van der Waals surface area contributed by atoms with E-state index in [0.717, 1.165) is 0 Å². The van der Waals surface area contributed by atoms with Crippen molar-refractivity contribution in [3.63, 3.8) is 0 Å². The maximum absolute atomic E-state index is 11.3. The summed E-state index contributed by atoms with van der Waals surface area (Å²) in [6, 6.07) is 0. The van der Waals surface area contributed by atoms with Gasteiger partial charge in [0.15, 0.2) is 0 Å². The fourth-order valence-electron chi connectivity index (χ4n) is 1.23. The molecule has 5 nitrogen and oxygen atoms in total. The van der Waals surface area contributed by atoms with Crippen LogP contribution in [-0.2, 0) is 9.47 Å². The molecule has 1 aromatic rings. The molecule has 5 heteroatoms. The molecule has 0 aliphatic rings. The zero-order valence-corrected chi connectivity index (χ0v) is 10.1. The van der Waals surface area contributed by atoms with Gasteiger partial charge >= 0.3 is 11.9 Å². The van der Waals surface area contributed by atoms with Crippen LogP contribution in [-0.4, -0.2) is 31.7 Å². The lowest BCUT2D eigenvalue weighted by Crippen LogP contribution is -2.14. The van der Waals surface area contributed by atoms with E-state index in [2.05, 4.69) is 14.5 Å². The van der Waals surface area contributed by atoms with Crippen molar-refractivity contribution in [3.8, 4) is 0 Å². The number of hydrogen-bond acceptors (Lipinski definition) is 5. The first-order chi connectivity index (χ1) is 7.31. The fourth-order valence-corrected chi connectivity index (χ4v) is 1.23. The van der Waals surface area contributed by atoms with Gasteiger partial charge in [-0.05, 0) is 20.8 Å². The first kappa shape index (κ1) is 12.4. The average Bonchev–Trinajstić information content (AvgIpc) is 2.86. The maximum atomic E-state index is 11.3. The Morgan fingerprint density at radius 2 is 1.38 bits per heavy atom. The van der Waals surface area contributed by atoms with Crippen LogP contribution in [0.3, 0.4) is 0 Å². The molecule has 0 radical (unpaired) electrons. The van der Waals surface area contributed by atoms with Crippen molar-refractivity contribution in [2.45, 2.75) is 26.3 Å². The van der Waals surface area contributed by atoms with E-state index in [9.17, 15) is 9.59 Å². The lowest BCUT2D eigenvalue weighted by Gasteiger charge is -2.08. The lowest BCUT2D eigenvalue weighted by molar-refractivity contribution is 0.0570. The minimum Gasteiger partial charge on any atom is -0.465 e. The van der Waals surface area contributed by atoms with Gasteiger partial charge in [0.05, 0.1) is 25.1 Å². The third kappa shape index (κ3) is 2.48. The molecule has 0 bridgehead atoms. The van der Waals surface area contributed by atoms with Gasteiger partial charge in [-0.15, -0.1) is 0 Å². The summed E-state index contributed by atoms with van der Waals surface area (Å²) in [4.78, 5) is 26.9. The van der Waals surface area contributed by atoms with Crippen molar-refractivity contribution in [2.24, 2.45) is 4.99 Å². The molecule has 0 spiro atoms. The number of esters is 2. The summed E-state index contributed by atoms with van der Waals surface area (Å²) in [6.07, 6.45) is 0. The molecule has 1 aromatic carbocycles.